The summed E-state index contributed by atoms with van der Waals surface area (Å²) in [6, 6.07) is 14.1. The molecule has 7 heteroatoms. The molecule has 0 aliphatic rings. The first-order valence-electron chi connectivity index (χ1n) is 7.80. The van der Waals surface area contributed by atoms with Crippen molar-refractivity contribution in [1.29, 1.82) is 0 Å². The van der Waals surface area contributed by atoms with Crippen molar-refractivity contribution in [2.75, 3.05) is 11.9 Å². The minimum absolute atomic E-state index is 0.253. The molecule has 0 aliphatic carbocycles. The van der Waals surface area contributed by atoms with Crippen LogP contribution < -0.4 is 20.9 Å². The van der Waals surface area contributed by atoms with Crippen LogP contribution in [0.15, 0.2) is 48.5 Å². The first kappa shape index (κ1) is 19.0. The molecule has 0 saturated carbocycles. The highest BCUT2D eigenvalue weighted by Gasteiger charge is 2.08. The van der Waals surface area contributed by atoms with Crippen molar-refractivity contribution in [2.24, 2.45) is 5.92 Å². The number of hydrogen-bond acceptors (Lipinski definition) is 3. The molecule has 3 N–H and O–H groups in total. The number of anilines is 1. The van der Waals surface area contributed by atoms with Crippen LogP contribution in [0.1, 0.15) is 24.2 Å². The van der Waals surface area contributed by atoms with Crippen LogP contribution in [0.5, 0.6) is 5.75 Å². The van der Waals surface area contributed by atoms with Gasteiger partial charge in [0.1, 0.15) is 5.75 Å². The Morgan fingerprint density at radius 2 is 1.92 bits per heavy atom. The number of benzene rings is 2. The summed E-state index contributed by atoms with van der Waals surface area (Å²) in [6.45, 7) is 4.72. The highest BCUT2D eigenvalue weighted by atomic mass is 35.5. The van der Waals surface area contributed by atoms with Crippen molar-refractivity contribution in [3.63, 3.8) is 0 Å². The van der Waals surface area contributed by atoms with E-state index in [9.17, 15) is 4.79 Å². The van der Waals surface area contributed by atoms with Gasteiger partial charge in [0.15, 0.2) is 5.11 Å². The molecule has 0 aliphatic heterocycles. The van der Waals surface area contributed by atoms with Gasteiger partial charge in [-0.15, -0.1) is 0 Å². The lowest BCUT2D eigenvalue weighted by Crippen LogP contribution is -2.43. The van der Waals surface area contributed by atoms with E-state index in [4.69, 9.17) is 28.6 Å². The fourth-order valence-corrected chi connectivity index (χ4v) is 2.26. The van der Waals surface area contributed by atoms with Gasteiger partial charge in [-0.3, -0.25) is 15.6 Å². The third-order valence-corrected chi connectivity index (χ3v) is 3.49. The molecule has 1 amide bonds. The fraction of sp³-hybridized carbons (Fsp3) is 0.222. The number of halogens is 1. The molecular formula is C18H20ClN3O2S. The highest BCUT2D eigenvalue weighted by Crippen LogP contribution is 2.15. The van der Waals surface area contributed by atoms with Gasteiger partial charge in [0.2, 0.25) is 0 Å². The molecule has 2 rings (SSSR count). The van der Waals surface area contributed by atoms with Gasteiger partial charge >= 0.3 is 0 Å². The number of rotatable bonds is 5. The Bertz CT molecular complexity index is 753. The van der Waals surface area contributed by atoms with E-state index >= 15 is 0 Å². The quantitative estimate of drug-likeness (QED) is 0.543. The Labute approximate surface area is 157 Å². The number of carbonyl (C=O) groups excluding carboxylic acids is 1. The van der Waals surface area contributed by atoms with E-state index in [1.807, 2.05) is 12.1 Å². The zero-order valence-electron chi connectivity index (χ0n) is 14.0. The van der Waals surface area contributed by atoms with Gasteiger partial charge in [-0.2, -0.15) is 0 Å². The summed E-state index contributed by atoms with van der Waals surface area (Å²) in [6.07, 6.45) is 0. The van der Waals surface area contributed by atoms with Gasteiger partial charge in [-0.25, -0.2) is 0 Å². The van der Waals surface area contributed by atoms with Gasteiger partial charge in [0.25, 0.3) is 5.91 Å². The fourth-order valence-electron chi connectivity index (χ4n) is 1.90. The molecule has 2 aromatic rings. The van der Waals surface area contributed by atoms with E-state index in [2.05, 4.69) is 30.0 Å². The Hall–Kier alpha value is -2.31. The second-order valence-electron chi connectivity index (χ2n) is 5.78. The highest BCUT2D eigenvalue weighted by molar-refractivity contribution is 7.80. The molecule has 0 saturated heterocycles. The molecule has 0 heterocycles. The van der Waals surface area contributed by atoms with Crippen LogP contribution in [-0.2, 0) is 0 Å². The minimum atomic E-state index is -0.315. The van der Waals surface area contributed by atoms with Crippen LogP contribution >= 0.6 is 23.8 Å². The number of carbonyl (C=O) groups is 1. The maximum Gasteiger partial charge on any atom is 0.269 e. The van der Waals surface area contributed by atoms with Crippen molar-refractivity contribution in [1.82, 2.24) is 10.9 Å². The lowest BCUT2D eigenvalue weighted by Gasteiger charge is -2.13. The molecule has 0 bridgehead atoms. The zero-order valence-corrected chi connectivity index (χ0v) is 15.6. The van der Waals surface area contributed by atoms with Crippen LogP contribution in [-0.4, -0.2) is 17.6 Å². The van der Waals surface area contributed by atoms with Crippen molar-refractivity contribution in [3.05, 3.63) is 59.1 Å². The average Bonchev–Trinajstić information content (AvgIpc) is 2.58. The van der Waals surface area contributed by atoms with Crippen LogP contribution in [0.25, 0.3) is 0 Å². The van der Waals surface area contributed by atoms with Gasteiger partial charge in [-0.1, -0.05) is 37.6 Å². The van der Waals surface area contributed by atoms with Gasteiger partial charge in [0, 0.05) is 16.3 Å². The number of ether oxygens (including phenoxy) is 1. The maximum atomic E-state index is 12.2. The van der Waals surface area contributed by atoms with Crippen molar-refractivity contribution < 1.29 is 9.53 Å². The molecule has 2 aromatic carbocycles. The van der Waals surface area contributed by atoms with Crippen molar-refractivity contribution in [2.45, 2.75) is 13.8 Å². The first-order chi connectivity index (χ1) is 11.9. The molecular weight excluding hydrogens is 358 g/mol. The van der Waals surface area contributed by atoms with Crippen LogP contribution in [0, 0.1) is 5.92 Å². The number of amides is 1. The van der Waals surface area contributed by atoms with E-state index < -0.39 is 0 Å². The predicted octanol–water partition coefficient (Wildman–Crippen LogP) is 4.01. The Morgan fingerprint density at radius 3 is 2.64 bits per heavy atom. The second-order valence-corrected chi connectivity index (χ2v) is 6.62. The third kappa shape index (κ3) is 6.60. The van der Waals surface area contributed by atoms with Crippen LogP contribution in [0.4, 0.5) is 5.69 Å². The smallest absolute Gasteiger partial charge is 0.269 e. The van der Waals surface area contributed by atoms with E-state index in [0.717, 1.165) is 5.69 Å². The molecule has 25 heavy (non-hydrogen) atoms. The standard InChI is InChI=1S/C18H20ClN3O2S/c1-12(2)11-24-16-8-3-5-13(9-16)17(23)21-22-18(25)20-15-7-4-6-14(19)10-15/h3-10,12H,11H2,1-2H3,(H,21,23)(H2,20,22,25). The normalized spacial score (nSPS) is 10.2. The summed E-state index contributed by atoms with van der Waals surface area (Å²) < 4.78 is 5.62. The SMILES string of the molecule is CC(C)COc1cccc(C(=O)NNC(=S)Nc2cccc(Cl)c2)c1. The summed E-state index contributed by atoms with van der Waals surface area (Å²) in [4.78, 5) is 12.2. The summed E-state index contributed by atoms with van der Waals surface area (Å²) in [7, 11) is 0. The maximum absolute atomic E-state index is 12.2. The molecule has 5 nitrogen and oxygen atoms in total. The van der Waals surface area contributed by atoms with Crippen molar-refractivity contribution in [3.8, 4) is 5.75 Å². The first-order valence-corrected chi connectivity index (χ1v) is 8.58. The zero-order chi connectivity index (χ0) is 18.2. The molecule has 0 radical (unpaired) electrons. The Balaban J connectivity index is 1.87. The minimum Gasteiger partial charge on any atom is -0.493 e. The van der Waals surface area contributed by atoms with E-state index in [1.54, 1.807) is 36.4 Å². The molecule has 0 atom stereocenters. The number of hydrogen-bond donors (Lipinski definition) is 3. The van der Waals surface area contributed by atoms with Crippen LogP contribution in [0.2, 0.25) is 5.02 Å². The number of hydrazine groups is 1. The monoisotopic (exact) mass is 377 g/mol. The molecule has 0 spiro atoms. The molecule has 0 aromatic heterocycles. The summed E-state index contributed by atoms with van der Waals surface area (Å²) in [5.41, 5.74) is 6.40. The lowest BCUT2D eigenvalue weighted by atomic mass is 10.2. The number of nitrogens with one attached hydrogen (secondary N) is 3. The van der Waals surface area contributed by atoms with Crippen molar-refractivity contribution >= 4 is 40.5 Å². The van der Waals surface area contributed by atoms with Gasteiger partial charge in [0.05, 0.1) is 6.61 Å². The summed E-state index contributed by atoms with van der Waals surface area (Å²) in [5, 5.41) is 3.78. The largest absolute Gasteiger partial charge is 0.493 e. The van der Waals surface area contributed by atoms with Gasteiger partial charge < -0.3 is 10.1 Å². The van der Waals surface area contributed by atoms with E-state index in [0.29, 0.717) is 28.9 Å². The summed E-state index contributed by atoms with van der Waals surface area (Å²) >= 11 is 11.0. The third-order valence-electron chi connectivity index (χ3n) is 3.05. The summed E-state index contributed by atoms with van der Waals surface area (Å²) in [5.74, 6) is 0.750. The molecule has 0 unspecified atom stereocenters. The Kier molecular flexibility index (Phi) is 7.03. The molecule has 132 valence electrons. The van der Waals surface area contributed by atoms with E-state index in [-0.39, 0.29) is 11.0 Å². The van der Waals surface area contributed by atoms with Crippen LogP contribution in [0.3, 0.4) is 0 Å². The Morgan fingerprint density at radius 1 is 1.16 bits per heavy atom. The lowest BCUT2D eigenvalue weighted by molar-refractivity contribution is 0.0943. The molecule has 0 fully saturated rings. The number of thiocarbonyl (C=S) groups is 1. The average molecular weight is 378 g/mol. The second kappa shape index (κ2) is 9.25. The van der Waals surface area contributed by atoms with E-state index in [1.165, 1.54) is 0 Å². The van der Waals surface area contributed by atoms with Gasteiger partial charge in [-0.05, 0) is 54.5 Å². The topological polar surface area (TPSA) is 62.4 Å². The predicted molar refractivity (Wildman–Crippen MR) is 105 cm³/mol.